The van der Waals surface area contributed by atoms with Crippen LogP contribution in [0.1, 0.15) is 39.0 Å². The SMILES string of the molecule is CCc1ccc(CC(O)C(O)C(C)(C)C)nc1. The summed E-state index contributed by atoms with van der Waals surface area (Å²) in [4.78, 5) is 4.28. The summed E-state index contributed by atoms with van der Waals surface area (Å²) < 4.78 is 0. The number of nitrogens with zero attached hydrogens (tertiary/aromatic N) is 1. The zero-order valence-corrected chi connectivity index (χ0v) is 11.1. The molecular weight excluding hydrogens is 214 g/mol. The summed E-state index contributed by atoms with van der Waals surface area (Å²) in [6.07, 6.45) is 1.67. The molecule has 0 aliphatic rings. The Balaban J connectivity index is 2.64. The smallest absolute Gasteiger partial charge is 0.0859 e. The summed E-state index contributed by atoms with van der Waals surface area (Å²) in [6, 6.07) is 3.93. The summed E-state index contributed by atoms with van der Waals surface area (Å²) in [6.45, 7) is 7.81. The van der Waals surface area contributed by atoms with Crippen molar-refractivity contribution >= 4 is 0 Å². The number of hydrogen-bond acceptors (Lipinski definition) is 3. The number of aliphatic hydroxyl groups is 2. The molecule has 0 fully saturated rings. The van der Waals surface area contributed by atoms with Crippen molar-refractivity contribution in [2.75, 3.05) is 0 Å². The second kappa shape index (κ2) is 5.61. The van der Waals surface area contributed by atoms with Crippen LogP contribution in [0.25, 0.3) is 0 Å². The Kier molecular flexibility index (Phi) is 4.66. The van der Waals surface area contributed by atoms with Gasteiger partial charge in [0.1, 0.15) is 0 Å². The molecule has 2 N–H and O–H groups in total. The molecule has 0 aliphatic heterocycles. The average molecular weight is 237 g/mol. The van der Waals surface area contributed by atoms with Crippen molar-refractivity contribution in [3.05, 3.63) is 29.6 Å². The van der Waals surface area contributed by atoms with Crippen LogP contribution in [-0.2, 0) is 12.8 Å². The molecule has 0 amide bonds. The monoisotopic (exact) mass is 237 g/mol. The van der Waals surface area contributed by atoms with Crippen LogP contribution in [0, 0.1) is 5.41 Å². The molecule has 0 aromatic carbocycles. The van der Waals surface area contributed by atoms with Gasteiger partial charge in [-0.3, -0.25) is 4.98 Å². The summed E-state index contributed by atoms with van der Waals surface area (Å²) >= 11 is 0. The van der Waals surface area contributed by atoms with Gasteiger partial charge in [-0.1, -0.05) is 33.8 Å². The predicted molar refractivity (Wildman–Crippen MR) is 68.8 cm³/mol. The van der Waals surface area contributed by atoms with E-state index in [0.29, 0.717) is 6.42 Å². The van der Waals surface area contributed by atoms with Gasteiger partial charge in [-0.2, -0.15) is 0 Å². The lowest BCUT2D eigenvalue weighted by Crippen LogP contribution is -2.39. The third-order valence-corrected chi connectivity index (χ3v) is 2.96. The van der Waals surface area contributed by atoms with Gasteiger partial charge in [0.2, 0.25) is 0 Å². The molecule has 2 atom stereocenters. The quantitative estimate of drug-likeness (QED) is 0.841. The van der Waals surface area contributed by atoms with E-state index in [0.717, 1.165) is 12.1 Å². The van der Waals surface area contributed by atoms with Gasteiger partial charge in [-0.15, -0.1) is 0 Å². The van der Waals surface area contributed by atoms with Crippen LogP contribution in [0.2, 0.25) is 0 Å². The Labute approximate surface area is 104 Å². The van der Waals surface area contributed by atoms with E-state index in [-0.39, 0.29) is 5.41 Å². The van der Waals surface area contributed by atoms with Gasteiger partial charge in [0, 0.05) is 18.3 Å². The Morgan fingerprint density at radius 3 is 2.29 bits per heavy atom. The van der Waals surface area contributed by atoms with Gasteiger partial charge in [0.05, 0.1) is 12.2 Å². The third kappa shape index (κ3) is 4.10. The molecule has 17 heavy (non-hydrogen) atoms. The van der Waals surface area contributed by atoms with E-state index in [4.69, 9.17) is 0 Å². The first-order valence-corrected chi connectivity index (χ1v) is 6.14. The van der Waals surface area contributed by atoms with Crippen molar-refractivity contribution in [3.8, 4) is 0 Å². The lowest BCUT2D eigenvalue weighted by molar-refractivity contribution is -0.0437. The highest BCUT2D eigenvalue weighted by molar-refractivity contribution is 5.14. The molecule has 1 rings (SSSR count). The topological polar surface area (TPSA) is 53.4 Å². The molecule has 96 valence electrons. The number of hydrogen-bond donors (Lipinski definition) is 2. The summed E-state index contributed by atoms with van der Waals surface area (Å²) in [5.74, 6) is 0. The van der Waals surface area contributed by atoms with Crippen molar-refractivity contribution in [2.45, 2.75) is 52.7 Å². The molecule has 0 radical (unpaired) electrons. The van der Waals surface area contributed by atoms with Crippen molar-refractivity contribution in [1.82, 2.24) is 4.98 Å². The molecule has 2 unspecified atom stereocenters. The van der Waals surface area contributed by atoms with E-state index in [2.05, 4.69) is 11.9 Å². The van der Waals surface area contributed by atoms with Crippen LogP contribution < -0.4 is 0 Å². The van der Waals surface area contributed by atoms with E-state index in [1.807, 2.05) is 39.1 Å². The van der Waals surface area contributed by atoms with E-state index in [1.165, 1.54) is 5.56 Å². The van der Waals surface area contributed by atoms with Crippen molar-refractivity contribution in [1.29, 1.82) is 0 Å². The Hall–Kier alpha value is -0.930. The summed E-state index contributed by atoms with van der Waals surface area (Å²) in [5.41, 5.74) is 1.68. The highest BCUT2D eigenvalue weighted by Crippen LogP contribution is 2.23. The van der Waals surface area contributed by atoms with Crippen LogP contribution in [0.15, 0.2) is 18.3 Å². The Morgan fingerprint density at radius 2 is 1.88 bits per heavy atom. The first-order valence-electron chi connectivity index (χ1n) is 6.14. The average Bonchev–Trinajstić information content (AvgIpc) is 2.27. The van der Waals surface area contributed by atoms with Crippen LogP contribution in [0.5, 0.6) is 0 Å². The normalized spacial score (nSPS) is 15.6. The molecule has 3 nitrogen and oxygen atoms in total. The molecule has 3 heteroatoms. The molecule has 0 saturated heterocycles. The van der Waals surface area contributed by atoms with Gasteiger partial charge >= 0.3 is 0 Å². The Bertz CT molecular complexity index is 340. The predicted octanol–water partition coefficient (Wildman–Crippen LogP) is 1.95. The van der Waals surface area contributed by atoms with Crippen molar-refractivity contribution in [3.63, 3.8) is 0 Å². The standard InChI is InChI=1S/C14H23NO2/c1-5-10-6-7-11(15-9-10)8-12(16)13(17)14(2,3)4/h6-7,9,12-13,16-17H,5,8H2,1-4H3. The van der Waals surface area contributed by atoms with E-state index in [9.17, 15) is 10.2 Å². The summed E-state index contributed by atoms with van der Waals surface area (Å²) in [7, 11) is 0. The minimum absolute atomic E-state index is 0.317. The second-order valence-corrected chi connectivity index (χ2v) is 5.59. The number of rotatable bonds is 4. The molecule has 0 spiro atoms. The van der Waals surface area contributed by atoms with Gasteiger partial charge in [-0.05, 0) is 23.5 Å². The van der Waals surface area contributed by atoms with Gasteiger partial charge in [0.15, 0.2) is 0 Å². The largest absolute Gasteiger partial charge is 0.390 e. The van der Waals surface area contributed by atoms with E-state index >= 15 is 0 Å². The number of pyridine rings is 1. The van der Waals surface area contributed by atoms with Crippen molar-refractivity contribution < 1.29 is 10.2 Å². The van der Waals surface area contributed by atoms with Gasteiger partial charge in [0.25, 0.3) is 0 Å². The maximum absolute atomic E-state index is 9.94. The van der Waals surface area contributed by atoms with Crippen LogP contribution in [-0.4, -0.2) is 27.4 Å². The first-order chi connectivity index (χ1) is 7.84. The van der Waals surface area contributed by atoms with Gasteiger partial charge in [-0.25, -0.2) is 0 Å². The molecule has 0 bridgehead atoms. The van der Waals surface area contributed by atoms with Crippen LogP contribution in [0.3, 0.4) is 0 Å². The maximum Gasteiger partial charge on any atom is 0.0859 e. The maximum atomic E-state index is 9.94. The van der Waals surface area contributed by atoms with Gasteiger partial charge < -0.3 is 10.2 Å². The van der Waals surface area contributed by atoms with Crippen LogP contribution >= 0.6 is 0 Å². The molecule has 1 aromatic rings. The summed E-state index contributed by atoms with van der Waals surface area (Å²) in [5, 5.41) is 19.9. The fraction of sp³-hybridized carbons (Fsp3) is 0.643. The fourth-order valence-corrected chi connectivity index (χ4v) is 1.69. The highest BCUT2D eigenvalue weighted by Gasteiger charge is 2.29. The number of aliphatic hydroxyl groups excluding tert-OH is 2. The van der Waals surface area contributed by atoms with E-state index in [1.54, 1.807) is 0 Å². The minimum atomic E-state index is -0.769. The zero-order chi connectivity index (χ0) is 13.1. The molecular formula is C14H23NO2. The number of aromatic nitrogens is 1. The minimum Gasteiger partial charge on any atom is -0.390 e. The molecule has 0 aliphatic carbocycles. The second-order valence-electron chi connectivity index (χ2n) is 5.59. The third-order valence-electron chi connectivity index (χ3n) is 2.96. The molecule has 1 aromatic heterocycles. The molecule has 1 heterocycles. The Morgan fingerprint density at radius 1 is 1.24 bits per heavy atom. The lowest BCUT2D eigenvalue weighted by atomic mass is 9.84. The molecule has 0 saturated carbocycles. The van der Waals surface area contributed by atoms with Crippen molar-refractivity contribution in [2.24, 2.45) is 5.41 Å². The van der Waals surface area contributed by atoms with E-state index < -0.39 is 12.2 Å². The lowest BCUT2D eigenvalue weighted by Gasteiger charge is -2.29. The van der Waals surface area contributed by atoms with Crippen LogP contribution in [0.4, 0.5) is 0 Å². The zero-order valence-electron chi connectivity index (χ0n) is 11.1. The number of aryl methyl sites for hydroxylation is 1. The fourth-order valence-electron chi connectivity index (χ4n) is 1.69. The first kappa shape index (κ1) is 14.1. The highest BCUT2D eigenvalue weighted by atomic mass is 16.3.